The second kappa shape index (κ2) is 7.25. The SMILES string of the molecule is CCCCOC(=O)CN1CCCCCC1=O. The van der Waals surface area contributed by atoms with Crippen LogP contribution >= 0.6 is 0 Å². The predicted octanol–water partition coefficient (Wildman–Crippen LogP) is 1.73. The average molecular weight is 227 g/mol. The zero-order valence-corrected chi connectivity index (χ0v) is 10.0. The first-order valence-corrected chi connectivity index (χ1v) is 6.17. The standard InChI is InChI=1S/C12H21NO3/c1-2-3-9-16-12(15)10-13-8-6-4-5-7-11(13)14/h2-10H2,1H3. The van der Waals surface area contributed by atoms with Crippen molar-refractivity contribution in [2.75, 3.05) is 19.7 Å². The molecule has 4 nitrogen and oxygen atoms in total. The molecule has 4 heteroatoms. The Labute approximate surface area is 96.9 Å². The molecule has 0 saturated carbocycles. The Balaban J connectivity index is 2.27. The molecule has 0 N–H and O–H groups in total. The lowest BCUT2D eigenvalue weighted by atomic mass is 10.2. The number of carbonyl (C=O) groups is 2. The van der Waals surface area contributed by atoms with Crippen LogP contribution < -0.4 is 0 Å². The van der Waals surface area contributed by atoms with E-state index in [1.165, 1.54) is 0 Å². The fourth-order valence-corrected chi connectivity index (χ4v) is 1.74. The Morgan fingerprint density at radius 3 is 2.94 bits per heavy atom. The fourth-order valence-electron chi connectivity index (χ4n) is 1.74. The Kier molecular flexibility index (Phi) is 5.90. The van der Waals surface area contributed by atoms with Gasteiger partial charge in [0, 0.05) is 13.0 Å². The summed E-state index contributed by atoms with van der Waals surface area (Å²) in [6.45, 7) is 3.34. The number of nitrogens with zero attached hydrogens (tertiary/aromatic N) is 1. The van der Waals surface area contributed by atoms with E-state index < -0.39 is 0 Å². The highest BCUT2D eigenvalue weighted by Crippen LogP contribution is 2.10. The smallest absolute Gasteiger partial charge is 0.325 e. The maximum Gasteiger partial charge on any atom is 0.325 e. The highest BCUT2D eigenvalue weighted by molar-refractivity contribution is 5.82. The molecule has 16 heavy (non-hydrogen) atoms. The van der Waals surface area contributed by atoms with Gasteiger partial charge in [0.1, 0.15) is 6.54 Å². The largest absolute Gasteiger partial charge is 0.464 e. The molecular formula is C12H21NO3. The van der Waals surface area contributed by atoms with Crippen LogP contribution in [0.15, 0.2) is 0 Å². The summed E-state index contributed by atoms with van der Waals surface area (Å²) < 4.78 is 5.04. The first-order valence-electron chi connectivity index (χ1n) is 6.17. The molecule has 0 spiro atoms. The maximum atomic E-state index is 11.6. The van der Waals surface area contributed by atoms with Crippen molar-refractivity contribution < 1.29 is 14.3 Å². The molecule has 0 atom stereocenters. The molecule has 1 aliphatic rings. The summed E-state index contributed by atoms with van der Waals surface area (Å²) in [6.07, 6.45) is 5.49. The van der Waals surface area contributed by atoms with Gasteiger partial charge in [0.15, 0.2) is 0 Å². The van der Waals surface area contributed by atoms with Gasteiger partial charge in [-0.05, 0) is 19.3 Å². The molecule has 1 saturated heterocycles. The molecule has 0 radical (unpaired) electrons. The van der Waals surface area contributed by atoms with Crippen molar-refractivity contribution in [3.05, 3.63) is 0 Å². The van der Waals surface area contributed by atoms with E-state index in [4.69, 9.17) is 4.74 Å². The minimum atomic E-state index is -0.274. The molecule has 0 aromatic heterocycles. The molecule has 0 aromatic rings. The third-order valence-electron chi connectivity index (χ3n) is 2.75. The van der Waals surface area contributed by atoms with Crippen LogP contribution in [0.1, 0.15) is 45.4 Å². The van der Waals surface area contributed by atoms with Crippen LogP contribution in [-0.2, 0) is 14.3 Å². The summed E-state index contributed by atoms with van der Waals surface area (Å²) in [4.78, 5) is 24.7. The number of unbranched alkanes of at least 4 members (excludes halogenated alkanes) is 1. The van der Waals surface area contributed by atoms with E-state index in [0.29, 0.717) is 19.6 Å². The van der Waals surface area contributed by atoms with Crippen molar-refractivity contribution in [2.45, 2.75) is 45.4 Å². The number of likely N-dealkylation sites (tertiary alicyclic amines) is 1. The Bertz CT molecular complexity index is 240. The molecule has 1 fully saturated rings. The number of esters is 1. The molecule has 1 heterocycles. The van der Waals surface area contributed by atoms with E-state index in [-0.39, 0.29) is 18.4 Å². The van der Waals surface area contributed by atoms with Gasteiger partial charge in [-0.25, -0.2) is 0 Å². The molecule has 92 valence electrons. The van der Waals surface area contributed by atoms with Crippen molar-refractivity contribution in [2.24, 2.45) is 0 Å². The third-order valence-corrected chi connectivity index (χ3v) is 2.75. The number of hydrogen-bond acceptors (Lipinski definition) is 3. The number of hydrogen-bond donors (Lipinski definition) is 0. The number of rotatable bonds is 5. The van der Waals surface area contributed by atoms with Gasteiger partial charge in [-0.1, -0.05) is 19.8 Å². The Morgan fingerprint density at radius 1 is 1.38 bits per heavy atom. The zero-order chi connectivity index (χ0) is 11.8. The van der Waals surface area contributed by atoms with Gasteiger partial charge >= 0.3 is 5.97 Å². The van der Waals surface area contributed by atoms with E-state index in [1.807, 2.05) is 6.92 Å². The molecule has 1 aliphatic heterocycles. The maximum absolute atomic E-state index is 11.6. The summed E-state index contributed by atoms with van der Waals surface area (Å²) in [7, 11) is 0. The topological polar surface area (TPSA) is 46.6 Å². The monoisotopic (exact) mass is 227 g/mol. The van der Waals surface area contributed by atoms with Crippen LogP contribution in [0.2, 0.25) is 0 Å². The Morgan fingerprint density at radius 2 is 2.19 bits per heavy atom. The summed E-state index contributed by atoms with van der Waals surface area (Å²) >= 11 is 0. The average Bonchev–Trinajstić information content (AvgIpc) is 2.45. The van der Waals surface area contributed by atoms with E-state index in [2.05, 4.69) is 0 Å². The molecule has 0 aliphatic carbocycles. The van der Waals surface area contributed by atoms with Crippen molar-refractivity contribution >= 4 is 11.9 Å². The van der Waals surface area contributed by atoms with Crippen LogP contribution in [0.25, 0.3) is 0 Å². The van der Waals surface area contributed by atoms with Gasteiger partial charge in [-0.2, -0.15) is 0 Å². The first kappa shape index (κ1) is 13.0. The van der Waals surface area contributed by atoms with Crippen molar-refractivity contribution in [3.8, 4) is 0 Å². The second-order valence-electron chi connectivity index (χ2n) is 4.20. The van der Waals surface area contributed by atoms with E-state index >= 15 is 0 Å². The van der Waals surface area contributed by atoms with Gasteiger partial charge in [0.25, 0.3) is 0 Å². The van der Waals surface area contributed by atoms with Crippen LogP contribution in [0.3, 0.4) is 0 Å². The lowest BCUT2D eigenvalue weighted by Crippen LogP contribution is -2.36. The quantitative estimate of drug-likeness (QED) is 0.531. The highest BCUT2D eigenvalue weighted by Gasteiger charge is 2.19. The number of amides is 1. The van der Waals surface area contributed by atoms with Gasteiger partial charge in [0.05, 0.1) is 6.61 Å². The lowest BCUT2D eigenvalue weighted by molar-refractivity contribution is -0.149. The number of ether oxygens (including phenoxy) is 1. The molecule has 1 rings (SSSR count). The third kappa shape index (κ3) is 4.64. The Hall–Kier alpha value is -1.06. The molecule has 0 bridgehead atoms. The highest BCUT2D eigenvalue weighted by atomic mass is 16.5. The van der Waals surface area contributed by atoms with Crippen LogP contribution in [-0.4, -0.2) is 36.5 Å². The van der Waals surface area contributed by atoms with Crippen molar-refractivity contribution in [1.29, 1.82) is 0 Å². The minimum Gasteiger partial charge on any atom is -0.464 e. The van der Waals surface area contributed by atoms with Gasteiger partial charge in [-0.15, -0.1) is 0 Å². The summed E-state index contributed by atoms with van der Waals surface area (Å²) in [6, 6.07) is 0. The van der Waals surface area contributed by atoms with Crippen LogP contribution in [0, 0.1) is 0 Å². The van der Waals surface area contributed by atoms with Gasteiger partial charge in [0.2, 0.25) is 5.91 Å². The molecule has 0 unspecified atom stereocenters. The first-order chi connectivity index (χ1) is 7.74. The van der Waals surface area contributed by atoms with Gasteiger partial charge in [-0.3, -0.25) is 9.59 Å². The minimum absolute atomic E-state index is 0.0879. The van der Waals surface area contributed by atoms with Crippen LogP contribution in [0.5, 0.6) is 0 Å². The van der Waals surface area contributed by atoms with Crippen molar-refractivity contribution in [3.63, 3.8) is 0 Å². The molecule has 0 aromatic carbocycles. The van der Waals surface area contributed by atoms with Crippen LogP contribution in [0.4, 0.5) is 0 Å². The summed E-state index contributed by atoms with van der Waals surface area (Å²) in [5.41, 5.74) is 0. The molecule has 1 amide bonds. The number of carbonyl (C=O) groups excluding carboxylic acids is 2. The molecular weight excluding hydrogens is 206 g/mol. The zero-order valence-electron chi connectivity index (χ0n) is 10.0. The van der Waals surface area contributed by atoms with E-state index in [0.717, 1.165) is 32.1 Å². The summed E-state index contributed by atoms with van der Waals surface area (Å²) in [5.74, 6) is -0.186. The summed E-state index contributed by atoms with van der Waals surface area (Å²) in [5, 5.41) is 0. The second-order valence-corrected chi connectivity index (χ2v) is 4.20. The fraction of sp³-hybridized carbons (Fsp3) is 0.833. The van der Waals surface area contributed by atoms with Gasteiger partial charge < -0.3 is 9.64 Å². The lowest BCUT2D eigenvalue weighted by Gasteiger charge is -2.19. The van der Waals surface area contributed by atoms with E-state index in [1.54, 1.807) is 4.90 Å². The van der Waals surface area contributed by atoms with Crippen molar-refractivity contribution in [1.82, 2.24) is 4.90 Å². The predicted molar refractivity (Wildman–Crippen MR) is 60.9 cm³/mol. The normalized spacial score (nSPS) is 17.1. The van der Waals surface area contributed by atoms with E-state index in [9.17, 15) is 9.59 Å².